The zero-order chi connectivity index (χ0) is 14.5. The van der Waals surface area contributed by atoms with Gasteiger partial charge in [-0.3, -0.25) is 9.59 Å². The fourth-order valence-corrected chi connectivity index (χ4v) is 2.63. The molecule has 0 bridgehead atoms. The molecular weight excluding hydrogens is 292 g/mol. The SMILES string of the molecule is CCOC(=O)CS(=O)(=O)c1ccc(C(=O)CCl)cc1. The lowest BCUT2D eigenvalue weighted by atomic mass is 10.1. The molecule has 0 aliphatic heterocycles. The molecule has 0 aliphatic rings. The summed E-state index contributed by atoms with van der Waals surface area (Å²) in [5.74, 6) is -1.99. The van der Waals surface area contributed by atoms with Crippen LogP contribution in [-0.2, 0) is 19.4 Å². The maximum Gasteiger partial charge on any atom is 0.321 e. The number of sulfone groups is 1. The number of ketones is 1. The Morgan fingerprint density at radius 2 is 1.79 bits per heavy atom. The number of esters is 1. The fourth-order valence-electron chi connectivity index (χ4n) is 1.37. The molecule has 104 valence electrons. The van der Waals surface area contributed by atoms with Crippen LogP contribution >= 0.6 is 11.6 Å². The number of carbonyl (C=O) groups excluding carboxylic acids is 2. The standard InChI is InChI=1S/C12H13ClO5S/c1-2-18-12(15)8-19(16,17)10-5-3-9(4-6-10)11(14)7-13/h3-6H,2,7-8H2,1H3. The minimum Gasteiger partial charge on any atom is -0.465 e. The van der Waals surface area contributed by atoms with E-state index in [9.17, 15) is 18.0 Å². The minimum atomic E-state index is -3.75. The predicted octanol–water partition coefficient (Wildman–Crippen LogP) is 1.44. The predicted molar refractivity (Wildman–Crippen MR) is 70.2 cm³/mol. The lowest BCUT2D eigenvalue weighted by Crippen LogP contribution is -2.18. The van der Waals surface area contributed by atoms with Gasteiger partial charge < -0.3 is 4.74 Å². The van der Waals surface area contributed by atoms with Crippen LogP contribution in [0.15, 0.2) is 29.2 Å². The van der Waals surface area contributed by atoms with Crippen LogP contribution in [0.5, 0.6) is 0 Å². The zero-order valence-electron chi connectivity index (χ0n) is 10.3. The molecule has 19 heavy (non-hydrogen) atoms. The van der Waals surface area contributed by atoms with E-state index in [-0.39, 0.29) is 23.2 Å². The van der Waals surface area contributed by atoms with E-state index in [0.29, 0.717) is 5.56 Å². The first kappa shape index (κ1) is 15.7. The van der Waals surface area contributed by atoms with Crippen molar-refractivity contribution in [1.29, 1.82) is 0 Å². The quantitative estimate of drug-likeness (QED) is 0.451. The zero-order valence-corrected chi connectivity index (χ0v) is 11.8. The van der Waals surface area contributed by atoms with Crippen LogP contribution in [0.3, 0.4) is 0 Å². The van der Waals surface area contributed by atoms with Crippen LogP contribution in [0, 0.1) is 0 Å². The van der Waals surface area contributed by atoms with Gasteiger partial charge in [-0.15, -0.1) is 11.6 Å². The smallest absolute Gasteiger partial charge is 0.321 e. The Bertz CT molecular complexity index is 562. The van der Waals surface area contributed by atoms with E-state index in [1.807, 2.05) is 0 Å². The van der Waals surface area contributed by atoms with E-state index in [4.69, 9.17) is 11.6 Å². The molecule has 0 unspecified atom stereocenters. The van der Waals surface area contributed by atoms with E-state index >= 15 is 0 Å². The monoisotopic (exact) mass is 304 g/mol. The van der Waals surface area contributed by atoms with Gasteiger partial charge in [0.05, 0.1) is 17.4 Å². The van der Waals surface area contributed by atoms with Crippen LogP contribution in [-0.4, -0.2) is 38.4 Å². The Balaban J connectivity index is 2.91. The van der Waals surface area contributed by atoms with Gasteiger partial charge in [-0.1, -0.05) is 12.1 Å². The molecule has 0 atom stereocenters. The Morgan fingerprint density at radius 3 is 2.26 bits per heavy atom. The van der Waals surface area contributed by atoms with Crippen molar-refractivity contribution in [3.8, 4) is 0 Å². The number of hydrogen-bond donors (Lipinski definition) is 0. The summed E-state index contributed by atoms with van der Waals surface area (Å²) in [6.07, 6.45) is 0. The van der Waals surface area contributed by atoms with Gasteiger partial charge >= 0.3 is 5.97 Å². The Kier molecular flexibility index (Phi) is 5.50. The molecule has 0 saturated heterocycles. The minimum absolute atomic E-state index is 0.0355. The topological polar surface area (TPSA) is 77.5 Å². The molecule has 7 heteroatoms. The average molecular weight is 305 g/mol. The van der Waals surface area contributed by atoms with Crippen LogP contribution in [0.4, 0.5) is 0 Å². The van der Waals surface area contributed by atoms with Crippen molar-refractivity contribution in [2.24, 2.45) is 0 Å². The highest BCUT2D eigenvalue weighted by Crippen LogP contribution is 2.13. The highest BCUT2D eigenvalue weighted by atomic mass is 35.5. The Morgan fingerprint density at radius 1 is 1.21 bits per heavy atom. The van der Waals surface area contributed by atoms with Crippen molar-refractivity contribution in [1.82, 2.24) is 0 Å². The van der Waals surface area contributed by atoms with Gasteiger partial charge in [-0.05, 0) is 19.1 Å². The van der Waals surface area contributed by atoms with E-state index < -0.39 is 21.6 Å². The number of carbonyl (C=O) groups is 2. The lowest BCUT2D eigenvalue weighted by molar-refractivity contribution is -0.139. The summed E-state index contributed by atoms with van der Waals surface area (Å²) in [7, 11) is -3.75. The number of hydrogen-bond acceptors (Lipinski definition) is 5. The van der Waals surface area contributed by atoms with E-state index in [0.717, 1.165) is 0 Å². The molecule has 0 N–H and O–H groups in total. The fraction of sp³-hybridized carbons (Fsp3) is 0.333. The Labute approximate surface area is 116 Å². The maximum absolute atomic E-state index is 11.9. The normalized spacial score (nSPS) is 11.1. The van der Waals surface area contributed by atoms with Gasteiger partial charge in [0.25, 0.3) is 0 Å². The van der Waals surface area contributed by atoms with Gasteiger partial charge in [0.1, 0.15) is 0 Å². The molecule has 0 amide bonds. The Hall–Kier alpha value is -1.40. The molecule has 0 saturated carbocycles. The number of benzene rings is 1. The second-order valence-corrected chi connectivity index (χ2v) is 5.90. The summed E-state index contributed by atoms with van der Waals surface area (Å²) in [4.78, 5) is 22.4. The molecule has 0 aromatic heterocycles. The van der Waals surface area contributed by atoms with Gasteiger partial charge in [-0.25, -0.2) is 8.42 Å². The number of halogens is 1. The molecule has 1 rings (SSSR count). The molecule has 1 aromatic carbocycles. The third-order valence-corrected chi connectivity index (χ3v) is 4.12. The molecule has 0 spiro atoms. The first-order valence-electron chi connectivity index (χ1n) is 5.48. The number of ether oxygens (including phenoxy) is 1. The molecule has 1 aromatic rings. The van der Waals surface area contributed by atoms with Gasteiger partial charge in [0.15, 0.2) is 21.4 Å². The summed E-state index contributed by atoms with van der Waals surface area (Å²) in [6.45, 7) is 1.72. The van der Waals surface area contributed by atoms with Crippen molar-refractivity contribution in [2.75, 3.05) is 18.2 Å². The number of rotatable bonds is 6. The number of Topliss-reactive ketones (excluding diaryl/α,β-unsaturated/α-hetero) is 1. The van der Waals surface area contributed by atoms with Crippen molar-refractivity contribution >= 4 is 33.2 Å². The summed E-state index contributed by atoms with van der Waals surface area (Å²) in [6, 6.07) is 5.27. The van der Waals surface area contributed by atoms with Gasteiger partial charge in [0, 0.05) is 5.56 Å². The summed E-state index contributed by atoms with van der Waals surface area (Å²) < 4.78 is 28.3. The molecule has 5 nitrogen and oxygen atoms in total. The first-order valence-corrected chi connectivity index (χ1v) is 7.67. The second-order valence-electron chi connectivity index (χ2n) is 3.65. The third kappa shape index (κ3) is 4.33. The highest BCUT2D eigenvalue weighted by Gasteiger charge is 2.20. The lowest BCUT2D eigenvalue weighted by Gasteiger charge is -2.05. The summed E-state index contributed by atoms with van der Waals surface area (Å²) in [5.41, 5.74) is 0.324. The van der Waals surface area contributed by atoms with Crippen LogP contribution < -0.4 is 0 Å². The first-order chi connectivity index (χ1) is 8.90. The van der Waals surface area contributed by atoms with Gasteiger partial charge in [0.2, 0.25) is 0 Å². The molecule has 0 radical (unpaired) electrons. The third-order valence-electron chi connectivity index (χ3n) is 2.27. The highest BCUT2D eigenvalue weighted by molar-refractivity contribution is 7.92. The van der Waals surface area contributed by atoms with Crippen molar-refractivity contribution in [2.45, 2.75) is 11.8 Å². The van der Waals surface area contributed by atoms with Crippen LogP contribution in [0.2, 0.25) is 0 Å². The summed E-state index contributed by atoms with van der Waals surface area (Å²) in [5, 5.41) is 0. The largest absolute Gasteiger partial charge is 0.465 e. The van der Waals surface area contributed by atoms with Crippen LogP contribution in [0.25, 0.3) is 0 Å². The molecule has 0 heterocycles. The number of alkyl halides is 1. The molecule has 0 fully saturated rings. The van der Waals surface area contributed by atoms with E-state index in [1.165, 1.54) is 24.3 Å². The van der Waals surface area contributed by atoms with Crippen molar-refractivity contribution in [3.63, 3.8) is 0 Å². The van der Waals surface area contributed by atoms with E-state index in [1.54, 1.807) is 6.92 Å². The van der Waals surface area contributed by atoms with Crippen LogP contribution in [0.1, 0.15) is 17.3 Å². The molecule has 0 aliphatic carbocycles. The average Bonchev–Trinajstić information content (AvgIpc) is 2.37. The van der Waals surface area contributed by atoms with Crippen molar-refractivity contribution in [3.05, 3.63) is 29.8 Å². The van der Waals surface area contributed by atoms with E-state index in [2.05, 4.69) is 4.74 Å². The second kappa shape index (κ2) is 6.68. The maximum atomic E-state index is 11.9. The molecular formula is C12H13ClO5S. The summed E-state index contributed by atoms with van der Waals surface area (Å²) >= 11 is 5.39. The van der Waals surface area contributed by atoms with Gasteiger partial charge in [-0.2, -0.15) is 0 Å². The van der Waals surface area contributed by atoms with Crippen molar-refractivity contribution < 1.29 is 22.7 Å².